The van der Waals surface area contributed by atoms with Gasteiger partial charge in [-0.05, 0) is 37.0 Å². The molecule has 3 atom stereocenters. The Balaban J connectivity index is 1.84. The maximum absolute atomic E-state index is 10.1. The lowest BCUT2D eigenvalue weighted by Crippen LogP contribution is -2.25. The molecule has 18 heavy (non-hydrogen) atoms. The molecular weight excluding hydrogens is 269 g/mol. The van der Waals surface area contributed by atoms with Crippen molar-refractivity contribution in [2.24, 2.45) is 5.92 Å². The first-order valence-electron chi connectivity index (χ1n) is 6.48. The molecule has 2 nitrogen and oxygen atoms in total. The molecular formula is C14H19Cl2NO. The summed E-state index contributed by atoms with van der Waals surface area (Å²) in [5, 5.41) is 14.7. The molecule has 0 aliphatic heterocycles. The fourth-order valence-electron chi connectivity index (χ4n) is 2.33. The monoisotopic (exact) mass is 287 g/mol. The second-order valence-corrected chi connectivity index (χ2v) is 5.82. The van der Waals surface area contributed by atoms with Crippen LogP contribution in [0.4, 0.5) is 0 Å². The van der Waals surface area contributed by atoms with Gasteiger partial charge in [0, 0.05) is 28.2 Å². The highest BCUT2D eigenvalue weighted by molar-refractivity contribution is 6.33. The third kappa shape index (κ3) is 3.61. The van der Waals surface area contributed by atoms with Crippen molar-refractivity contribution in [2.45, 2.75) is 38.3 Å². The minimum atomic E-state index is -0.598. The molecule has 100 valence electrons. The van der Waals surface area contributed by atoms with Crippen molar-refractivity contribution < 1.29 is 5.11 Å². The van der Waals surface area contributed by atoms with Gasteiger partial charge in [0.25, 0.3) is 0 Å². The highest BCUT2D eigenvalue weighted by Crippen LogP contribution is 2.35. The summed E-state index contributed by atoms with van der Waals surface area (Å²) in [6.07, 6.45) is 3.13. The highest BCUT2D eigenvalue weighted by Gasteiger charge is 2.35. The Kier molecular flexibility index (Phi) is 4.91. The Labute approximate surface area is 118 Å². The van der Waals surface area contributed by atoms with Crippen molar-refractivity contribution >= 4 is 23.2 Å². The van der Waals surface area contributed by atoms with E-state index in [4.69, 9.17) is 23.2 Å². The fraction of sp³-hybridized carbons (Fsp3) is 0.571. The van der Waals surface area contributed by atoms with Crippen molar-refractivity contribution in [3.05, 3.63) is 33.8 Å². The van der Waals surface area contributed by atoms with Gasteiger partial charge in [0.1, 0.15) is 0 Å². The van der Waals surface area contributed by atoms with E-state index in [1.165, 1.54) is 19.3 Å². The van der Waals surface area contributed by atoms with Crippen LogP contribution in [0.2, 0.25) is 10.0 Å². The molecule has 0 aromatic heterocycles. The van der Waals surface area contributed by atoms with Gasteiger partial charge < -0.3 is 10.4 Å². The summed E-state index contributed by atoms with van der Waals surface area (Å²) < 4.78 is 0. The zero-order chi connectivity index (χ0) is 13.1. The van der Waals surface area contributed by atoms with Crippen LogP contribution >= 0.6 is 23.2 Å². The van der Waals surface area contributed by atoms with Gasteiger partial charge in [-0.15, -0.1) is 0 Å². The van der Waals surface area contributed by atoms with Crippen LogP contribution in [0.1, 0.15) is 37.9 Å². The minimum absolute atomic E-state index is 0.533. The van der Waals surface area contributed by atoms with E-state index in [1.54, 1.807) is 18.2 Å². The predicted molar refractivity (Wildman–Crippen MR) is 76.2 cm³/mol. The number of hydrogen-bond donors (Lipinski definition) is 2. The standard InChI is InChI=1S/C14H19Cl2NO/c1-2-3-9-6-13(9)17-8-14(18)11-7-10(15)4-5-12(11)16/h4-5,7,9,13-14,17-18H,2-3,6,8H2,1H3. The summed E-state index contributed by atoms with van der Waals surface area (Å²) in [5.41, 5.74) is 0.698. The number of aliphatic hydroxyl groups excluding tert-OH is 1. The Hall–Kier alpha value is -0.280. The van der Waals surface area contributed by atoms with E-state index in [1.807, 2.05) is 0 Å². The molecule has 2 rings (SSSR count). The largest absolute Gasteiger partial charge is 0.387 e. The molecule has 1 aromatic rings. The lowest BCUT2D eigenvalue weighted by Gasteiger charge is -2.14. The molecule has 0 amide bonds. The average Bonchev–Trinajstić information content (AvgIpc) is 3.08. The van der Waals surface area contributed by atoms with Crippen LogP contribution in [0.15, 0.2) is 18.2 Å². The van der Waals surface area contributed by atoms with E-state index < -0.39 is 6.10 Å². The van der Waals surface area contributed by atoms with Gasteiger partial charge in [0.05, 0.1) is 6.10 Å². The van der Waals surface area contributed by atoms with Gasteiger partial charge in [-0.3, -0.25) is 0 Å². The summed E-state index contributed by atoms with van der Waals surface area (Å²) in [6.45, 7) is 2.74. The van der Waals surface area contributed by atoms with Crippen LogP contribution in [0, 0.1) is 5.92 Å². The number of aliphatic hydroxyl groups is 1. The summed E-state index contributed by atoms with van der Waals surface area (Å²) in [5.74, 6) is 0.789. The van der Waals surface area contributed by atoms with Crippen molar-refractivity contribution in [1.29, 1.82) is 0 Å². The zero-order valence-corrected chi connectivity index (χ0v) is 12.0. The molecule has 4 heteroatoms. The number of nitrogens with one attached hydrogen (secondary N) is 1. The van der Waals surface area contributed by atoms with Crippen molar-refractivity contribution in [3.63, 3.8) is 0 Å². The molecule has 2 N–H and O–H groups in total. The molecule has 1 aromatic carbocycles. The van der Waals surface area contributed by atoms with E-state index in [-0.39, 0.29) is 0 Å². The van der Waals surface area contributed by atoms with E-state index in [2.05, 4.69) is 12.2 Å². The third-order valence-corrected chi connectivity index (χ3v) is 4.05. The quantitative estimate of drug-likeness (QED) is 0.834. The first kappa shape index (κ1) is 14.1. The molecule has 3 unspecified atom stereocenters. The average molecular weight is 288 g/mol. The van der Waals surface area contributed by atoms with Crippen LogP contribution < -0.4 is 5.32 Å². The Morgan fingerprint density at radius 2 is 2.22 bits per heavy atom. The Morgan fingerprint density at radius 3 is 2.94 bits per heavy atom. The molecule has 0 heterocycles. The van der Waals surface area contributed by atoms with Crippen molar-refractivity contribution in [3.8, 4) is 0 Å². The molecule has 0 spiro atoms. The molecule has 0 radical (unpaired) electrons. The number of rotatable bonds is 6. The smallest absolute Gasteiger partial charge is 0.0929 e. The number of hydrogen-bond acceptors (Lipinski definition) is 2. The van der Waals surface area contributed by atoms with Gasteiger partial charge in [0.2, 0.25) is 0 Å². The molecule has 0 bridgehead atoms. The first-order valence-corrected chi connectivity index (χ1v) is 7.23. The Bertz CT molecular complexity index is 411. The first-order chi connectivity index (χ1) is 8.61. The highest BCUT2D eigenvalue weighted by atomic mass is 35.5. The predicted octanol–water partition coefficient (Wildman–Crippen LogP) is 3.81. The topological polar surface area (TPSA) is 32.3 Å². The second-order valence-electron chi connectivity index (χ2n) is 4.98. The van der Waals surface area contributed by atoms with Crippen LogP contribution in [0.5, 0.6) is 0 Å². The van der Waals surface area contributed by atoms with Crippen LogP contribution in [-0.4, -0.2) is 17.7 Å². The summed E-state index contributed by atoms with van der Waals surface area (Å²) in [4.78, 5) is 0. The molecule has 1 aliphatic rings. The summed E-state index contributed by atoms with van der Waals surface area (Å²) >= 11 is 12.0. The molecule has 0 saturated heterocycles. The van der Waals surface area contributed by atoms with Gasteiger partial charge in [-0.1, -0.05) is 36.5 Å². The molecule has 1 fully saturated rings. The second kappa shape index (κ2) is 6.25. The lowest BCUT2D eigenvalue weighted by atomic mass is 10.1. The minimum Gasteiger partial charge on any atom is -0.387 e. The molecule has 1 aliphatic carbocycles. The maximum atomic E-state index is 10.1. The number of benzene rings is 1. The van der Waals surface area contributed by atoms with Crippen LogP contribution in [0.25, 0.3) is 0 Å². The van der Waals surface area contributed by atoms with E-state index >= 15 is 0 Å². The van der Waals surface area contributed by atoms with Crippen LogP contribution in [-0.2, 0) is 0 Å². The molecule has 1 saturated carbocycles. The Morgan fingerprint density at radius 1 is 1.44 bits per heavy atom. The van der Waals surface area contributed by atoms with E-state index in [0.717, 1.165) is 5.92 Å². The zero-order valence-electron chi connectivity index (χ0n) is 10.5. The number of halogens is 2. The maximum Gasteiger partial charge on any atom is 0.0929 e. The van der Waals surface area contributed by atoms with Gasteiger partial charge in [-0.25, -0.2) is 0 Å². The van der Waals surface area contributed by atoms with E-state index in [0.29, 0.717) is 28.2 Å². The fourth-order valence-corrected chi connectivity index (χ4v) is 2.75. The van der Waals surface area contributed by atoms with Crippen molar-refractivity contribution in [1.82, 2.24) is 5.32 Å². The van der Waals surface area contributed by atoms with Gasteiger partial charge >= 0.3 is 0 Å². The third-order valence-electron chi connectivity index (χ3n) is 3.47. The van der Waals surface area contributed by atoms with Crippen LogP contribution in [0.3, 0.4) is 0 Å². The van der Waals surface area contributed by atoms with E-state index in [9.17, 15) is 5.11 Å². The van der Waals surface area contributed by atoms with Crippen molar-refractivity contribution in [2.75, 3.05) is 6.54 Å². The van der Waals surface area contributed by atoms with Gasteiger partial charge in [-0.2, -0.15) is 0 Å². The normalized spacial score (nSPS) is 24.0. The summed E-state index contributed by atoms with van der Waals surface area (Å²) in [7, 11) is 0. The SMILES string of the molecule is CCCC1CC1NCC(O)c1cc(Cl)ccc1Cl. The summed E-state index contributed by atoms with van der Waals surface area (Å²) in [6, 6.07) is 5.75. The lowest BCUT2D eigenvalue weighted by molar-refractivity contribution is 0.173. The van der Waals surface area contributed by atoms with Gasteiger partial charge in [0.15, 0.2) is 0 Å².